The lowest BCUT2D eigenvalue weighted by atomic mass is 10.0. The van der Waals surface area contributed by atoms with E-state index in [9.17, 15) is 4.79 Å². The van der Waals surface area contributed by atoms with Crippen LogP contribution in [0.2, 0.25) is 0 Å². The van der Waals surface area contributed by atoms with E-state index in [0.717, 1.165) is 17.4 Å². The van der Waals surface area contributed by atoms with E-state index < -0.39 is 0 Å². The lowest BCUT2D eigenvalue weighted by Crippen LogP contribution is -1.99. The van der Waals surface area contributed by atoms with Crippen molar-refractivity contribution in [1.82, 2.24) is 0 Å². The summed E-state index contributed by atoms with van der Waals surface area (Å²) in [4.78, 5) is 10.6. The van der Waals surface area contributed by atoms with Gasteiger partial charge in [0.1, 0.15) is 6.29 Å². The van der Waals surface area contributed by atoms with Crippen LogP contribution < -0.4 is 0 Å². The van der Waals surface area contributed by atoms with Crippen molar-refractivity contribution in [2.45, 2.75) is 13.3 Å². The van der Waals surface area contributed by atoms with Crippen LogP contribution >= 0.6 is 0 Å². The normalized spacial score (nSPS) is 9.83. The second-order valence-electron chi connectivity index (χ2n) is 2.73. The largest absolute Gasteiger partial charge is 0.396 e. The summed E-state index contributed by atoms with van der Waals surface area (Å²) in [6.07, 6.45) is 1.39. The Morgan fingerprint density at radius 2 is 2.25 bits per heavy atom. The number of aliphatic hydroxyl groups excluding tert-OH is 1. The van der Waals surface area contributed by atoms with Crippen LogP contribution in [0.4, 0.5) is 0 Å². The molecule has 0 spiro atoms. The first-order chi connectivity index (χ1) is 5.79. The third-order valence-corrected chi connectivity index (χ3v) is 1.94. The molecule has 0 bridgehead atoms. The molecular weight excluding hydrogens is 152 g/mol. The average molecular weight is 164 g/mol. The highest BCUT2D eigenvalue weighted by atomic mass is 16.3. The van der Waals surface area contributed by atoms with E-state index in [2.05, 4.69) is 0 Å². The van der Waals surface area contributed by atoms with Gasteiger partial charge < -0.3 is 5.11 Å². The van der Waals surface area contributed by atoms with Crippen LogP contribution in [-0.2, 0) is 6.42 Å². The number of benzene rings is 1. The summed E-state index contributed by atoms with van der Waals surface area (Å²) in [6, 6.07) is 5.56. The molecule has 0 saturated carbocycles. The highest BCUT2D eigenvalue weighted by molar-refractivity contribution is 5.77. The monoisotopic (exact) mass is 164 g/mol. The van der Waals surface area contributed by atoms with Gasteiger partial charge in [-0.25, -0.2) is 0 Å². The van der Waals surface area contributed by atoms with Crippen molar-refractivity contribution in [2.75, 3.05) is 6.61 Å². The molecule has 2 heteroatoms. The molecule has 0 aliphatic carbocycles. The summed E-state index contributed by atoms with van der Waals surface area (Å²) in [5.41, 5.74) is 2.70. The van der Waals surface area contributed by atoms with Gasteiger partial charge in [0.25, 0.3) is 0 Å². The van der Waals surface area contributed by atoms with Gasteiger partial charge in [-0.2, -0.15) is 0 Å². The standard InChI is InChI=1S/C10H12O2/c1-8-3-2-4-9(7-12)10(8)5-6-11/h2-4,7,11H,5-6H2,1H3. The van der Waals surface area contributed by atoms with E-state index in [4.69, 9.17) is 5.11 Å². The molecule has 0 radical (unpaired) electrons. The van der Waals surface area contributed by atoms with Gasteiger partial charge in [-0.15, -0.1) is 0 Å². The Morgan fingerprint density at radius 1 is 1.50 bits per heavy atom. The second-order valence-corrected chi connectivity index (χ2v) is 2.73. The molecule has 0 saturated heterocycles. The van der Waals surface area contributed by atoms with Crippen LogP contribution in [0.1, 0.15) is 21.5 Å². The average Bonchev–Trinajstić information content (AvgIpc) is 2.09. The number of rotatable bonds is 3. The first-order valence-electron chi connectivity index (χ1n) is 3.94. The molecule has 0 aliphatic rings. The van der Waals surface area contributed by atoms with Crippen molar-refractivity contribution in [1.29, 1.82) is 0 Å². The van der Waals surface area contributed by atoms with Crippen LogP contribution in [-0.4, -0.2) is 18.0 Å². The molecule has 0 atom stereocenters. The van der Waals surface area contributed by atoms with Crippen molar-refractivity contribution in [3.05, 3.63) is 34.9 Å². The number of hydrogen-bond acceptors (Lipinski definition) is 2. The smallest absolute Gasteiger partial charge is 0.150 e. The Labute approximate surface area is 71.8 Å². The fraction of sp³-hybridized carbons (Fsp3) is 0.300. The van der Waals surface area contributed by atoms with Gasteiger partial charge in [0.15, 0.2) is 0 Å². The molecule has 0 aromatic heterocycles. The molecule has 0 aliphatic heterocycles. The Bertz CT molecular complexity index is 279. The van der Waals surface area contributed by atoms with Crippen LogP contribution in [0.15, 0.2) is 18.2 Å². The molecule has 1 N–H and O–H groups in total. The molecule has 0 amide bonds. The lowest BCUT2D eigenvalue weighted by molar-refractivity contribution is 0.112. The van der Waals surface area contributed by atoms with Crippen molar-refractivity contribution in [2.24, 2.45) is 0 Å². The fourth-order valence-electron chi connectivity index (χ4n) is 1.29. The minimum atomic E-state index is 0.0890. The van der Waals surface area contributed by atoms with Gasteiger partial charge >= 0.3 is 0 Å². The number of hydrogen-bond donors (Lipinski definition) is 1. The predicted molar refractivity (Wildman–Crippen MR) is 47.4 cm³/mol. The SMILES string of the molecule is Cc1cccc(C=O)c1CCO. The number of carbonyl (C=O) groups is 1. The zero-order valence-corrected chi connectivity index (χ0v) is 7.08. The van der Waals surface area contributed by atoms with Crippen molar-refractivity contribution in [3.63, 3.8) is 0 Å². The molecule has 0 fully saturated rings. The Balaban J connectivity index is 3.10. The third-order valence-electron chi connectivity index (χ3n) is 1.94. The summed E-state index contributed by atoms with van der Waals surface area (Å²) in [5, 5.41) is 8.75. The predicted octanol–water partition coefficient (Wildman–Crippen LogP) is 1.34. The molecule has 1 aromatic carbocycles. The van der Waals surface area contributed by atoms with Gasteiger partial charge in [0, 0.05) is 12.2 Å². The molecule has 0 heterocycles. The molecular formula is C10H12O2. The number of aldehydes is 1. The summed E-state index contributed by atoms with van der Waals surface area (Å²) < 4.78 is 0. The molecule has 2 nitrogen and oxygen atoms in total. The number of carbonyl (C=O) groups excluding carboxylic acids is 1. The van der Waals surface area contributed by atoms with E-state index in [1.807, 2.05) is 19.1 Å². The first-order valence-corrected chi connectivity index (χ1v) is 3.94. The minimum Gasteiger partial charge on any atom is -0.396 e. The van der Waals surface area contributed by atoms with E-state index >= 15 is 0 Å². The second kappa shape index (κ2) is 4.02. The number of aryl methyl sites for hydroxylation is 1. The van der Waals surface area contributed by atoms with Crippen LogP contribution in [0.25, 0.3) is 0 Å². The highest BCUT2D eigenvalue weighted by Gasteiger charge is 2.02. The van der Waals surface area contributed by atoms with Gasteiger partial charge in [0.2, 0.25) is 0 Å². The maximum Gasteiger partial charge on any atom is 0.150 e. The van der Waals surface area contributed by atoms with Crippen LogP contribution in [0.5, 0.6) is 0 Å². The fourth-order valence-corrected chi connectivity index (χ4v) is 1.29. The molecule has 1 aromatic rings. The van der Waals surface area contributed by atoms with E-state index in [1.165, 1.54) is 0 Å². The topological polar surface area (TPSA) is 37.3 Å². The Morgan fingerprint density at radius 3 is 2.83 bits per heavy atom. The van der Waals surface area contributed by atoms with Crippen molar-refractivity contribution in [3.8, 4) is 0 Å². The minimum absolute atomic E-state index is 0.0890. The summed E-state index contributed by atoms with van der Waals surface area (Å²) >= 11 is 0. The zero-order chi connectivity index (χ0) is 8.97. The Kier molecular flexibility index (Phi) is 3.00. The summed E-state index contributed by atoms with van der Waals surface area (Å²) in [5.74, 6) is 0. The summed E-state index contributed by atoms with van der Waals surface area (Å²) in [7, 11) is 0. The van der Waals surface area contributed by atoms with E-state index in [0.29, 0.717) is 12.0 Å². The van der Waals surface area contributed by atoms with E-state index in [1.54, 1.807) is 6.07 Å². The van der Waals surface area contributed by atoms with Gasteiger partial charge in [-0.3, -0.25) is 4.79 Å². The maximum absolute atomic E-state index is 10.6. The van der Waals surface area contributed by atoms with Crippen molar-refractivity contribution < 1.29 is 9.90 Å². The highest BCUT2D eigenvalue weighted by Crippen LogP contribution is 2.12. The van der Waals surface area contributed by atoms with Gasteiger partial charge in [-0.05, 0) is 24.5 Å². The van der Waals surface area contributed by atoms with Crippen LogP contribution in [0, 0.1) is 6.92 Å². The zero-order valence-electron chi connectivity index (χ0n) is 7.08. The van der Waals surface area contributed by atoms with E-state index in [-0.39, 0.29) is 6.61 Å². The maximum atomic E-state index is 10.6. The van der Waals surface area contributed by atoms with Gasteiger partial charge in [-0.1, -0.05) is 18.2 Å². The first kappa shape index (κ1) is 8.94. The molecule has 0 unspecified atom stereocenters. The molecule has 1 rings (SSSR count). The lowest BCUT2D eigenvalue weighted by Gasteiger charge is -2.05. The number of aliphatic hydroxyl groups is 1. The van der Waals surface area contributed by atoms with Gasteiger partial charge in [0.05, 0.1) is 0 Å². The van der Waals surface area contributed by atoms with Crippen LogP contribution in [0.3, 0.4) is 0 Å². The molecule has 12 heavy (non-hydrogen) atoms. The quantitative estimate of drug-likeness (QED) is 0.684. The molecule has 64 valence electrons. The third kappa shape index (κ3) is 1.71. The Hall–Kier alpha value is -1.15. The summed E-state index contributed by atoms with van der Waals surface area (Å²) in [6.45, 7) is 2.03. The van der Waals surface area contributed by atoms with Crippen molar-refractivity contribution >= 4 is 6.29 Å².